The summed E-state index contributed by atoms with van der Waals surface area (Å²) >= 11 is 5.63. The highest BCUT2D eigenvalue weighted by Gasteiger charge is 2.18. The maximum Gasteiger partial charge on any atom is 0.291 e. The minimum absolute atomic E-state index is 0.0244. The molecule has 1 aromatic heterocycles. The molecule has 4 N–H and O–H groups in total. The molecule has 110 valence electrons. The lowest BCUT2D eigenvalue weighted by atomic mass is 10.1. The lowest BCUT2D eigenvalue weighted by molar-refractivity contribution is 0.0996. The number of rotatable bonds is 4. The third kappa shape index (κ3) is 3.09. The van der Waals surface area contributed by atoms with E-state index in [2.05, 4.69) is 10.5 Å². The van der Waals surface area contributed by atoms with E-state index in [-0.39, 0.29) is 22.5 Å². The Kier molecular flexibility index (Phi) is 4.34. The number of nitrogens with zero attached hydrogens (tertiary/aromatic N) is 1. The van der Waals surface area contributed by atoms with Crippen LogP contribution in [0.25, 0.3) is 0 Å². The van der Waals surface area contributed by atoms with Gasteiger partial charge in [-0.05, 0) is 35.9 Å². The Bertz CT molecular complexity index is 696. The van der Waals surface area contributed by atoms with Crippen LogP contribution in [-0.4, -0.2) is 24.1 Å². The molecule has 1 aromatic carbocycles. The Balaban J connectivity index is 2.40. The number of hydrogen-bond donors (Lipinski definition) is 3. The third-order valence-corrected chi connectivity index (χ3v) is 2.87. The zero-order valence-corrected chi connectivity index (χ0v) is 11.7. The molecule has 21 heavy (non-hydrogen) atoms. The standard InChI is InChI=1S/C13H12ClN3O4/c1-20-8-4-2-3-7(12(15)17-19)11(8)16-13(18)9-5-6-10(14)21-9/h2-6,19H,1H3,(H2,15,17)(H,16,18). The predicted octanol–water partition coefficient (Wildman–Crippen LogP) is 2.29. The maximum absolute atomic E-state index is 12.1. The fourth-order valence-corrected chi connectivity index (χ4v) is 1.86. The van der Waals surface area contributed by atoms with Gasteiger partial charge in [0.2, 0.25) is 0 Å². The van der Waals surface area contributed by atoms with E-state index in [4.69, 9.17) is 31.7 Å². The first-order chi connectivity index (χ1) is 10.1. The molecule has 1 amide bonds. The van der Waals surface area contributed by atoms with Gasteiger partial charge in [-0.25, -0.2) is 0 Å². The van der Waals surface area contributed by atoms with E-state index in [9.17, 15) is 4.79 Å². The molecule has 7 nitrogen and oxygen atoms in total. The molecular weight excluding hydrogens is 298 g/mol. The number of benzene rings is 1. The number of furan rings is 1. The van der Waals surface area contributed by atoms with Crippen molar-refractivity contribution in [2.45, 2.75) is 0 Å². The highest BCUT2D eigenvalue weighted by atomic mass is 35.5. The highest BCUT2D eigenvalue weighted by molar-refractivity contribution is 6.29. The van der Waals surface area contributed by atoms with Gasteiger partial charge in [0, 0.05) is 5.56 Å². The van der Waals surface area contributed by atoms with Crippen molar-refractivity contribution in [1.82, 2.24) is 0 Å². The number of carbonyl (C=O) groups is 1. The fraction of sp³-hybridized carbons (Fsp3) is 0.0769. The number of amides is 1. The van der Waals surface area contributed by atoms with Gasteiger partial charge in [0.25, 0.3) is 5.91 Å². The van der Waals surface area contributed by atoms with E-state index in [0.717, 1.165) is 0 Å². The Hall–Kier alpha value is -2.67. The van der Waals surface area contributed by atoms with Gasteiger partial charge < -0.3 is 25.4 Å². The van der Waals surface area contributed by atoms with Gasteiger partial charge in [-0.15, -0.1) is 0 Å². The average molecular weight is 310 g/mol. The van der Waals surface area contributed by atoms with E-state index < -0.39 is 5.91 Å². The van der Waals surface area contributed by atoms with Crippen molar-refractivity contribution in [3.05, 3.63) is 46.9 Å². The molecule has 0 fully saturated rings. The van der Waals surface area contributed by atoms with E-state index in [0.29, 0.717) is 11.3 Å². The topological polar surface area (TPSA) is 110 Å². The summed E-state index contributed by atoms with van der Waals surface area (Å²) in [5, 5.41) is 14.4. The molecule has 8 heteroatoms. The molecule has 0 saturated carbocycles. The highest BCUT2D eigenvalue weighted by Crippen LogP contribution is 2.29. The number of halogens is 1. The van der Waals surface area contributed by atoms with E-state index >= 15 is 0 Å². The first-order valence-electron chi connectivity index (χ1n) is 5.78. The molecule has 0 radical (unpaired) electrons. The molecule has 0 atom stereocenters. The van der Waals surface area contributed by atoms with Crippen molar-refractivity contribution in [2.24, 2.45) is 10.9 Å². The minimum Gasteiger partial charge on any atom is -0.495 e. The number of anilines is 1. The third-order valence-electron chi connectivity index (χ3n) is 2.67. The number of carbonyl (C=O) groups excluding carboxylic acids is 1. The van der Waals surface area contributed by atoms with Gasteiger partial charge in [0.05, 0.1) is 12.8 Å². The molecule has 2 aromatic rings. The SMILES string of the molecule is COc1cccc(/C(N)=N/O)c1NC(=O)c1ccc(Cl)o1. The lowest BCUT2D eigenvalue weighted by Gasteiger charge is -2.13. The monoisotopic (exact) mass is 309 g/mol. The van der Waals surface area contributed by atoms with E-state index in [1.54, 1.807) is 18.2 Å². The van der Waals surface area contributed by atoms with Crippen LogP contribution in [0.1, 0.15) is 16.1 Å². The molecule has 0 spiro atoms. The smallest absolute Gasteiger partial charge is 0.291 e. The van der Waals surface area contributed by atoms with Crippen LogP contribution in [0.3, 0.4) is 0 Å². The second-order valence-electron chi connectivity index (χ2n) is 3.93. The number of para-hydroxylation sites is 1. The Morgan fingerprint density at radius 2 is 2.19 bits per heavy atom. The fourth-order valence-electron chi connectivity index (χ4n) is 1.71. The molecule has 0 unspecified atom stereocenters. The molecule has 1 heterocycles. The summed E-state index contributed by atoms with van der Waals surface area (Å²) < 4.78 is 10.2. The number of hydrogen-bond acceptors (Lipinski definition) is 5. The number of amidine groups is 1. The summed E-state index contributed by atoms with van der Waals surface area (Å²) in [4.78, 5) is 12.1. The molecule has 2 rings (SSSR count). The average Bonchev–Trinajstić information content (AvgIpc) is 2.93. The van der Waals surface area contributed by atoms with Gasteiger partial charge in [0.15, 0.2) is 16.8 Å². The summed E-state index contributed by atoms with van der Waals surface area (Å²) in [7, 11) is 1.44. The number of nitrogens with one attached hydrogen (secondary N) is 1. The Morgan fingerprint density at radius 1 is 1.43 bits per heavy atom. The van der Waals surface area contributed by atoms with Crippen molar-refractivity contribution in [3.8, 4) is 5.75 Å². The molecule has 0 aliphatic heterocycles. The molecular formula is C13H12ClN3O4. The number of nitrogens with two attached hydrogens (primary N) is 1. The number of ether oxygens (including phenoxy) is 1. The van der Waals surface area contributed by atoms with Crippen LogP contribution in [0, 0.1) is 0 Å². The van der Waals surface area contributed by atoms with Crippen molar-refractivity contribution >= 4 is 29.0 Å². The van der Waals surface area contributed by atoms with E-state index in [1.165, 1.54) is 19.2 Å². The molecule has 0 saturated heterocycles. The van der Waals surface area contributed by atoms with Crippen LogP contribution in [0.2, 0.25) is 5.22 Å². The first kappa shape index (κ1) is 14.7. The van der Waals surface area contributed by atoms with E-state index in [1.807, 2.05) is 0 Å². The summed E-state index contributed by atoms with van der Waals surface area (Å²) in [5.74, 6) is -0.332. The summed E-state index contributed by atoms with van der Waals surface area (Å²) in [6.07, 6.45) is 0. The summed E-state index contributed by atoms with van der Waals surface area (Å²) in [6, 6.07) is 7.71. The number of oxime groups is 1. The lowest BCUT2D eigenvalue weighted by Crippen LogP contribution is -2.19. The van der Waals surface area contributed by atoms with Gasteiger partial charge >= 0.3 is 0 Å². The molecule has 0 aliphatic carbocycles. The zero-order valence-electron chi connectivity index (χ0n) is 11.0. The van der Waals surface area contributed by atoms with Gasteiger partial charge in [0.1, 0.15) is 5.75 Å². The second kappa shape index (κ2) is 6.19. The predicted molar refractivity (Wildman–Crippen MR) is 77.2 cm³/mol. The first-order valence-corrected chi connectivity index (χ1v) is 6.16. The second-order valence-corrected chi connectivity index (χ2v) is 4.30. The van der Waals surface area contributed by atoms with Crippen LogP contribution in [0.4, 0.5) is 5.69 Å². The van der Waals surface area contributed by atoms with Crippen LogP contribution in [-0.2, 0) is 0 Å². The van der Waals surface area contributed by atoms with Crippen LogP contribution < -0.4 is 15.8 Å². The van der Waals surface area contributed by atoms with Crippen molar-refractivity contribution < 1.29 is 19.2 Å². The van der Waals surface area contributed by atoms with Crippen LogP contribution in [0.15, 0.2) is 39.9 Å². The van der Waals surface area contributed by atoms with Gasteiger partial charge in [-0.2, -0.15) is 0 Å². The largest absolute Gasteiger partial charge is 0.495 e. The Morgan fingerprint density at radius 3 is 2.76 bits per heavy atom. The van der Waals surface area contributed by atoms with Gasteiger partial charge in [-0.1, -0.05) is 11.2 Å². The maximum atomic E-state index is 12.1. The summed E-state index contributed by atoms with van der Waals surface area (Å²) in [6.45, 7) is 0. The van der Waals surface area contributed by atoms with Crippen LogP contribution in [0.5, 0.6) is 5.75 Å². The normalized spacial score (nSPS) is 11.2. The Labute approximate surface area is 124 Å². The van der Waals surface area contributed by atoms with Crippen molar-refractivity contribution in [2.75, 3.05) is 12.4 Å². The zero-order chi connectivity index (χ0) is 15.4. The van der Waals surface area contributed by atoms with Crippen LogP contribution >= 0.6 is 11.6 Å². The number of methoxy groups -OCH3 is 1. The summed E-state index contributed by atoms with van der Waals surface area (Å²) in [5.41, 5.74) is 6.15. The van der Waals surface area contributed by atoms with Gasteiger partial charge in [-0.3, -0.25) is 4.79 Å². The minimum atomic E-state index is -0.543. The molecule has 0 bridgehead atoms. The van der Waals surface area contributed by atoms with Crippen molar-refractivity contribution in [3.63, 3.8) is 0 Å². The molecule has 0 aliphatic rings. The van der Waals surface area contributed by atoms with Crippen molar-refractivity contribution in [1.29, 1.82) is 0 Å². The quantitative estimate of drug-likeness (QED) is 0.347.